The summed E-state index contributed by atoms with van der Waals surface area (Å²) in [6, 6.07) is 0. The summed E-state index contributed by atoms with van der Waals surface area (Å²) in [5, 5.41) is 0. The molecule has 1 aliphatic rings. The number of hydrogen-bond acceptors (Lipinski definition) is 4. The highest BCUT2D eigenvalue weighted by Crippen LogP contribution is 2.34. The van der Waals surface area contributed by atoms with Crippen molar-refractivity contribution < 1.29 is 19.2 Å². The van der Waals surface area contributed by atoms with Crippen molar-refractivity contribution in [2.75, 3.05) is 0 Å². The minimum absolute atomic E-state index is 0.394. The fraction of sp³-hybridized carbons (Fsp3) is 0.636. The summed E-state index contributed by atoms with van der Waals surface area (Å²) in [6.07, 6.45) is 0. The summed E-state index contributed by atoms with van der Waals surface area (Å²) in [4.78, 5) is 46.3. The molecule has 0 saturated heterocycles. The van der Waals surface area contributed by atoms with Crippen molar-refractivity contribution in [1.82, 2.24) is 0 Å². The zero-order chi connectivity index (χ0) is 12.0. The Bertz CT molecular complexity index is 365. The fourth-order valence-electron chi connectivity index (χ4n) is 1.92. The Morgan fingerprint density at radius 2 is 1.60 bits per heavy atom. The molecular weight excluding hydrogens is 196 g/mol. The third-order valence-electron chi connectivity index (χ3n) is 3.01. The minimum Gasteiger partial charge on any atom is -0.299 e. The van der Waals surface area contributed by atoms with Crippen LogP contribution in [0.1, 0.15) is 27.7 Å². The van der Waals surface area contributed by atoms with Crippen LogP contribution in [0.15, 0.2) is 0 Å². The van der Waals surface area contributed by atoms with Gasteiger partial charge >= 0.3 is 0 Å². The van der Waals surface area contributed by atoms with Crippen LogP contribution in [0.5, 0.6) is 0 Å². The summed E-state index contributed by atoms with van der Waals surface area (Å²) in [7, 11) is 0. The van der Waals surface area contributed by atoms with Gasteiger partial charge in [-0.1, -0.05) is 0 Å². The molecule has 0 amide bonds. The zero-order valence-corrected chi connectivity index (χ0v) is 9.29. The molecule has 0 bridgehead atoms. The topological polar surface area (TPSA) is 68.3 Å². The largest absolute Gasteiger partial charge is 0.299 e. The minimum atomic E-state index is -1.24. The van der Waals surface area contributed by atoms with Gasteiger partial charge in [-0.15, -0.1) is 0 Å². The molecule has 0 aromatic carbocycles. The Morgan fingerprint density at radius 1 is 1.13 bits per heavy atom. The quantitative estimate of drug-likeness (QED) is 0.593. The average molecular weight is 210 g/mol. The number of hydrogen-bond donors (Lipinski definition) is 0. The molecule has 0 spiro atoms. The van der Waals surface area contributed by atoms with Crippen molar-refractivity contribution in [1.29, 1.82) is 0 Å². The third kappa shape index (κ3) is 1.54. The van der Waals surface area contributed by atoms with E-state index in [1.807, 2.05) is 0 Å². The van der Waals surface area contributed by atoms with Gasteiger partial charge in [0.1, 0.15) is 11.7 Å². The highest BCUT2D eigenvalue weighted by Gasteiger charge is 2.53. The van der Waals surface area contributed by atoms with E-state index >= 15 is 0 Å². The van der Waals surface area contributed by atoms with Crippen LogP contribution in [0.4, 0.5) is 0 Å². The lowest BCUT2D eigenvalue weighted by Gasteiger charge is -2.33. The predicted octanol–water partition coefficient (Wildman–Crippen LogP) is 0.575. The van der Waals surface area contributed by atoms with Crippen LogP contribution in [-0.2, 0) is 19.2 Å². The van der Waals surface area contributed by atoms with Crippen molar-refractivity contribution in [3.05, 3.63) is 0 Å². The number of ketones is 4. The molecule has 2 atom stereocenters. The van der Waals surface area contributed by atoms with E-state index in [0.717, 1.165) is 0 Å². The van der Waals surface area contributed by atoms with E-state index in [-0.39, 0.29) is 0 Å². The van der Waals surface area contributed by atoms with Crippen molar-refractivity contribution in [3.63, 3.8) is 0 Å². The molecule has 0 radical (unpaired) electrons. The van der Waals surface area contributed by atoms with Crippen LogP contribution in [0.25, 0.3) is 0 Å². The molecule has 0 aromatic heterocycles. The average Bonchev–Trinajstić information content (AvgIpc) is 2.12. The molecule has 15 heavy (non-hydrogen) atoms. The molecule has 0 N–H and O–H groups in total. The number of carbonyl (C=O) groups is 4. The second-order valence-electron chi connectivity index (χ2n) is 4.52. The lowest BCUT2D eigenvalue weighted by Crippen LogP contribution is -2.54. The third-order valence-corrected chi connectivity index (χ3v) is 3.01. The van der Waals surface area contributed by atoms with Crippen LogP contribution < -0.4 is 0 Å². The van der Waals surface area contributed by atoms with Gasteiger partial charge in [0.15, 0.2) is 17.3 Å². The first kappa shape index (κ1) is 11.8. The van der Waals surface area contributed by atoms with E-state index in [4.69, 9.17) is 0 Å². The molecule has 4 heteroatoms. The van der Waals surface area contributed by atoms with E-state index in [0.29, 0.717) is 0 Å². The molecule has 4 nitrogen and oxygen atoms in total. The molecule has 2 unspecified atom stereocenters. The van der Waals surface area contributed by atoms with Gasteiger partial charge in [0.25, 0.3) is 0 Å². The van der Waals surface area contributed by atoms with Crippen molar-refractivity contribution in [3.8, 4) is 0 Å². The van der Waals surface area contributed by atoms with E-state index in [2.05, 4.69) is 0 Å². The summed E-state index contributed by atoms with van der Waals surface area (Å²) >= 11 is 0. The lowest BCUT2D eigenvalue weighted by atomic mass is 9.64. The zero-order valence-electron chi connectivity index (χ0n) is 9.29. The molecular formula is C11H14O4. The van der Waals surface area contributed by atoms with Crippen molar-refractivity contribution >= 4 is 23.1 Å². The first-order valence-electron chi connectivity index (χ1n) is 4.84. The van der Waals surface area contributed by atoms with Gasteiger partial charge in [-0.05, 0) is 27.7 Å². The van der Waals surface area contributed by atoms with Gasteiger partial charge in [0.05, 0.1) is 11.3 Å². The molecule has 82 valence electrons. The summed E-state index contributed by atoms with van der Waals surface area (Å²) in [6.45, 7) is 5.60. The summed E-state index contributed by atoms with van der Waals surface area (Å²) in [5.74, 6) is -4.09. The number of carbonyl (C=O) groups excluding carboxylic acids is 4. The molecule has 0 aromatic rings. The highest BCUT2D eigenvalue weighted by atomic mass is 16.2. The number of Topliss-reactive ketones (excluding diaryl/α,β-unsaturated/α-hetero) is 4. The van der Waals surface area contributed by atoms with E-state index < -0.39 is 40.4 Å². The molecule has 1 fully saturated rings. The smallest absolute Gasteiger partial charge is 0.163 e. The van der Waals surface area contributed by atoms with Crippen LogP contribution in [-0.4, -0.2) is 23.1 Å². The highest BCUT2D eigenvalue weighted by molar-refractivity contribution is 6.33. The van der Waals surface area contributed by atoms with E-state index in [1.165, 1.54) is 27.7 Å². The predicted molar refractivity (Wildman–Crippen MR) is 52.1 cm³/mol. The Hall–Kier alpha value is -1.32. The lowest BCUT2D eigenvalue weighted by molar-refractivity contribution is -0.156. The Kier molecular flexibility index (Phi) is 2.63. The van der Waals surface area contributed by atoms with Gasteiger partial charge in [0.2, 0.25) is 0 Å². The van der Waals surface area contributed by atoms with E-state index in [9.17, 15) is 19.2 Å². The van der Waals surface area contributed by atoms with Gasteiger partial charge in [0, 0.05) is 0 Å². The summed E-state index contributed by atoms with van der Waals surface area (Å²) in [5.41, 5.74) is -1.22. The first-order chi connectivity index (χ1) is 6.71. The second kappa shape index (κ2) is 3.36. The van der Waals surface area contributed by atoms with Gasteiger partial charge in [-0.2, -0.15) is 0 Å². The molecule has 1 aliphatic carbocycles. The van der Waals surface area contributed by atoms with Crippen LogP contribution >= 0.6 is 0 Å². The molecule has 0 aliphatic heterocycles. The van der Waals surface area contributed by atoms with Gasteiger partial charge in [-0.3, -0.25) is 19.2 Å². The SMILES string of the molecule is CC(=O)C1C(=O)C(C)C(=O)C(C)(C)C1=O. The van der Waals surface area contributed by atoms with Crippen LogP contribution in [0, 0.1) is 17.3 Å². The van der Waals surface area contributed by atoms with Crippen molar-refractivity contribution in [2.24, 2.45) is 17.3 Å². The normalized spacial score (nSPS) is 30.5. The molecule has 1 saturated carbocycles. The summed E-state index contributed by atoms with van der Waals surface area (Å²) < 4.78 is 0. The maximum absolute atomic E-state index is 11.8. The van der Waals surface area contributed by atoms with Crippen LogP contribution in [0.2, 0.25) is 0 Å². The standard InChI is InChI=1S/C11H14O4/c1-5-8(13)7(6(2)12)10(15)11(3,4)9(5)14/h5,7H,1-4H3. The van der Waals surface area contributed by atoms with Gasteiger partial charge < -0.3 is 0 Å². The molecule has 0 heterocycles. The Labute approximate surface area is 88.0 Å². The van der Waals surface area contributed by atoms with E-state index in [1.54, 1.807) is 0 Å². The monoisotopic (exact) mass is 210 g/mol. The fourth-order valence-corrected chi connectivity index (χ4v) is 1.92. The van der Waals surface area contributed by atoms with Crippen LogP contribution in [0.3, 0.4) is 0 Å². The molecule has 1 rings (SSSR count). The number of rotatable bonds is 1. The van der Waals surface area contributed by atoms with Crippen molar-refractivity contribution in [2.45, 2.75) is 27.7 Å². The second-order valence-corrected chi connectivity index (χ2v) is 4.52. The Balaban J connectivity index is 3.25. The Morgan fingerprint density at radius 3 is 2.00 bits per heavy atom. The maximum atomic E-state index is 11.8. The first-order valence-corrected chi connectivity index (χ1v) is 4.84. The van der Waals surface area contributed by atoms with Gasteiger partial charge in [-0.25, -0.2) is 0 Å². The maximum Gasteiger partial charge on any atom is 0.163 e.